The number of nitrogens with zero attached hydrogens (tertiary/aromatic N) is 1. The van der Waals surface area contributed by atoms with Gasteiger partial charge in [0.1, 0.15) is 0 Å². The van der Waals surface area contributed by atoms with E-state index in [0.29, 0.717) is 19.0 Å². The number of rotatable bonds is 5. The molecular weight excluding hydrogens is 296 g/mol. The molecule has 0 atom stereocenters. The molecule has 122 valence electrons. The molecule has 0 unspecified atom stereocenters. The number of nitrogens with one attached hydrogen (secondary N) is 1. The van der Waals surface area contributed by atoms with Crippen molar-refractivity contribution in [2.75, 3.05) is 0 Å². The predicted molar refractivity (Wildman–Crippen MR) is 96.8 cm³/mol. The minimum absolute atomic E-state index is 0.231. The Kier molecular flexibility index (Phi) is 3.85. The summed E-state index contributed by atoms with van der Waals surface area (Å²) in [6.07, 6.45) is 2.73. The first-order valence-electron chi connectivity index (χ1n) is 8.62. The van der Waals surface area contributed by atoms with Crippen molar-refractivity contribution in [2.24, 2.45) is 0 Å². The molecule has 24 heavy (non-hydrogen) atoms. The zero-order chi connectivity index (χ0) is 16.5. The van der Waals surface area contributed by atoms with Crippen LogP contribution in [-0.2, 0) is 17.8 Å². The number of hydrogen-bond donors (Lipinski definition) is 1. The van der Waals surface area contributed by atoms with Crippen LogP contribution in [0, 0.1) is 6.92 Å². The molecule has 1 aliphatic carbocycles. The van der Waals surface area contributed by atoms with Crippen molar-refractivity contribution < 1.29 is 4.79 Å². The normalized spacial score (nSPS) is 14.0. The van der Waals surface area contributed by atoms with Gasteiger partial charge in [-0.15, -0.1) is 0 Å². The summed E-state index contributed by atoms with van der Waals surface area (Å²) in [5.41, 5.74) is 4.54. The molecule has 2 aromatic carbocycles. The van der Waals surface area contributed by atoms with Gasteiger partial charge in [-0.25, -0.2) is 0 Å². The molecule has 1 aromatic heterocycles. The molecule has 1 aliphatic rings. The summed E-state index contributed by atoms with van der Waals surface area (Å²) in [4.78, 5) is 18.5. The molecule has 1 N–H and O–H groups in total. The summed E-state index contributed by atoms with van der Waals surface area (Å²) in [6.45, 7) is 2.77. The van der Waals surface area contributed by atoms with Crippen LogP contribution >= 0.6 is 0 Å². The zero-order valence-electron chi connectivity index (χ0n) is 14.0. The van der Waals surface area contributed by atoms with Crippen LogP contribution in [0.4, 0.5) is 0 Å². The Morgan fingerprint density at radius 2 is 1.79 bits per heavy atom. The number of benzene rings is 2. The first-order chi connectivity index (χ1) is 11.7. The molecule has 1 saturated carbocycles. The van der Waals surface area contributed by atoms with E-state index < -0.39 is 0 Å². The maximum atomic E-state index is 13.0. The highest BCUT2D eigenvalue weighted by molar-refractivity contribution is 5.90. The van der Waals surface area contributed by atoms with Gasteiger partial charge in [-0.1, -0.05) is 48.5 Å². The molecule has 0 aliphatic heterocycles. The number of aryl methyl sites for hydroxylation is 1. The minimum Gasteiger partial charge on any atom is -0.358 e. The van der Waals surface area contributed by atoms with Gasteiger partial charge in [0, 0.05) is 29.2 Å². The average Bonchev–Trinajstić information content (AvgIpc) is 3.39. The molecule has 0 spiro atoms. The molecule has 4 rings (SSSR count). The third kappa shape index (κ3) is 2.94. The van der Waals surface area contributed by atoms with Crippen molar-refractivity contribution in [2.45, 2.75) is 38.8 Å². The Morgan fingerprint density at radius 3 is 2.54 bits per heavy atom. The van der Waals surface area contributed by atoms with E-state index in [1.54, 1.807) is 0 Å². The van der Waals surface area contributed by atoms with Gasteiger partial charge in [0.2, 0.25) is 5.91 Å². The number of hydrogen-bond acceptors (Lipinski definition) is 1. The predicted octanol–water partition coefficient (Wildman–Crippen LogP) is 4.21. The third-order valence-corrected chi connectivity index (χ3v) is 4.86. The van der Waals surface area contributed by atoms with Gasteiger partial charge >= 0.3 is 0 Å². The Labute approximate surface area is 142 Å². The van der Waals surface area contributed by atoms with E-state index in [9.17, 15) is 4.79 Å². The Bertz CT molecular complexity index is 862. The fourth-order valence-electron chi connectivity index (χ4n) is 3.40. The SMILES string of the molecule is Cc1[nH]c2ccccc2c1CC(=O)N(Cc1ccccc1)C1CC1. The molecular formula is C21H22N2O. The fraction of sp³-hybridized carbons (Fsp3) is 0.286. The number of aromatic nitrogens is 1. The van der Waals surface area contributed by atoms with E-state index in [-0.39, 0.29) is 5.91 Å². The van der Waals surface area contributed by atoms with Crippen LogP contribution < -0.4 is 0 Å². The Morgan fingerprint density at radius 1 is 1.08 bits per heavy atom. The molecule has 0 saturated heterocycles. The van der Waals surface area contributed by atoms with E-state index >= 15 is 0 Å². The van der Waals surface area contributed by atoms with Crippen molar-refractivity contribution >= 4 is 16.8 Å². The summed E-state index contributed by atoms with van der Waals surface area (Å²) in [7, 11) is 0. The summed E-state index contributed by atoms with van der Waals surface area (Å²) in [5, 5.41) is 1.17. The maximum absolute atomic E-state index is 13.0. The lowest BCUT2D eigenvalue weighted by Gasteiger charge is -2.23. The van der Waals surface area contributed by atoms with Crippen molar-refractivity contribution in [3.8, 4) is 0 Å². The summed E-state index contributed by atoms with van der Waals surface area (Å²) < 4.78 is 0. The molecule has 3 nitrogen and oxygen atoms in total. The molecule has 3 heteroatoms. The Balaban J connectivity index is 1.58. The van der Waals surface area contributed by atoms with Crippen molar-refractivity contribution in [3.63, 3.8) is 0 Å². The van der Waals surface area contributed by atoms with E-state index in [1.165, 1.54) is 10.9 Å². The van der Waals surface area contributed by atoms with Gasteiger partial charge in [0.15, 0.2) is 0 Å². The van der Waals surface area contributed by atoms with Crippen LogP contribution in [0.1, 0.15) is 29.7 Å². The zero-order valence-corrected chi connectivity index (χ0v) is 14.0. The second-order valence-corrected chi connectivity index (χ2v) is 6.69. The van der Waals surface area contributed by atoms with E-state index in [0.717, 1.165) is 29.6 Å². The average molecular weight is 318 g/mol. The highest BCUT2D eigenvalue weighted by atomic mass is 16.2. The summed E-state index contributed by atoms with van der Waals surface area (Å²) in [5.74, 6) is 0.231. The van der Waals surface area contributed by atoms with Gasteiger partial charge in [-0.05, 0) is 37.0 Å². The number of para-hydroxylation sites is 1. The fourth-order valence-corrected chi connectivity index (χ4v) is 3.40. The van der Waals surface area contributed by atoms with Gasteiger partial charge in [0.05, 0.1) is 6.42 Å². The van der Waals surface area contributed by atoms with Gasteiger partial charge in [-0.3, -0.25) is 4.79 Å². The molecule has 1 heterocycles. The smallest absolute Gasteiger partial charge is 0.227 e. The van der Waals surface area contributed by atoms with E-state index in [4.69, 9.17) is 0 Å². The topological polar surface area (TPSA) is 36.1 Å². The van der Waals surface area contributed by atoms with Gasteiger partial charge in [0.25, 0.3) is 0 Å². The highest BCUT2D eigenvalue weighted by Gasteiger charge is 2.32. The van der Waals surface area contributed by atoms with Crippen LogP contribution in [-0.4, -0.2) is 21.8 Å². The van der Waals surface area contributed by atoms with Crippen LogP contribution in [0.15, 0.2) is 54.6 Å². The third-order valence-electron chi connectivity index (χ3n) is 4.86. The van der Waals surface area contributed by atoms with Crippen LogP contribution in [0.3, 0.4) is 0 Å². The van der Waals surface area contributed by atoms with Crippen LogP contribution in [0.5, 0.6) is 0 Å². The molecule has 1 amide bonds. The lowest BCUT2D eigenvalue weighted by Crippen LogP contribution is -2.33. The number of carbonyl (C=O) groups is 1. The molecule has 3 aromatic rings. The van der Waals surface area contributed by atoms with E-state index in [1.807, 2.05) is 30.3 Å². The lowest BCUT2D eigenvalue weighted by atomic mass is 10.1. The van der Waals surface area contributed by atoms with Crippen molar-refractivity contribution in [1.82, 2.24) is 9.88 Å². The summed E-state index contributed by atoms with van der Waals surface area (Å²) >= 11 is 0. The monoisotopic (exact) mass is 318 g/mol. The first-order valence-corrected chi connectivity index (χ1v) is 8.62. The largest absolute Gasteiger partial charge is 0.358 e. The van der Waals surface area contributed by atoms with Crippen molar-refractivity contribution in [3.05, 3.63) is 71.4 Å². The number of aromatic amines is 1. The van der Waals surface area contributed by atoms with Crippen LogP contribution in [0.25, 0.3) is 10.9 Å². The maximum Gasteiger partial charge on any atom is 0.227 e. The Hall–Kier alpha value is -2.55. The second kappa shape index (κ2) is 6.16. The number of amides is 1. The van der Waals surface area contributed by atoms with Crippen molar-refractivity contribution in [1.29, 1.82) is 0 Å². The van der Waals surface area contributed by atoms with Crippen LogP contribution in [0.2, 0.25) is 0 Å². The number of carbonyl (C=O) groups excluding carboxylic acids is 1. The number of H-pyrrole nitrogens is 1. The quantitative estimate of drug-likeness (QED) is 0.751. The minimum atomic E-state index is 0.231. The van der Waals surface area contributed by atoms with Gasteiger partial charge in [-0.2, -0.15) is 0 Å². The van der Waals surface area contributed by atoms with Gasteiger partial charge < -0.3 is 9.88 Å². The number of fused-ring (bicyclic) bond motifs is 1. The van der Waals surface area contributed by atoms with E-state index in [2.05, 4.69) is 41.1 Å². The summed E-state index contributed by atoms with van der Waals surface area (Å²) in [6, 6.07) is 18.9. The molecule has 0 radical (unpaired) electrons. The second-order valence-electron chi connectivity index (χ2n) is 6.69. The first kappa shape index (κ1) is 15.0. The lowest BCUT2D eigenvalue weighted by molar-refractivity contribution is -0.131. The molecule has 1 fully saturated rings. The highest BCUT2D eigenvalue weighted by Crippen LogP contribution is 2.30. The molecule has 0 bridgehead atoms. The standard InChI is InChI=1S/C21H22N2O/c1-15-19(18-9-5-6-10-20(18)22-15)13-21(24)23(17-11-12-17)14-16-7-3-2-4-8-16/h2-10,17,22H,11-14H2,1H3.